The van der Waals surface area contributed by atoms with Gasteiger partial charge >= 0.3 is 0 Å². The molecule has 1 aromatic carbocycles. The van der Waals surface area contributed by atoms with Crippen LogP contribution in [0.3, 0.4) is 0 Å². The zero-order chi connectivity index (χ0) is 14.4. The average Bonchev–Trinajstić information content (AvgIpc) is 2.49. The Kier molecular flexibility index (Phi) is 6.06. The Bertz CT molecular complexity index is 368. The van der Waals surface area contributed by atoms with Crippen molar-refractivity contribution in [2.75, 3.05) is 13.1 Å². The van der Waals surface area contributed by atoms with E-state index in [-0.39, 0.29) is 0 Å². The van der Waals surface area contributed by atoms with Crippen LogP contribution in [-0.4, -0.2) is 30.1 Å². The summed E-state index contributed by atoms with van der Waals surface area (Å²) in [5.74, 6) is 0.775. The third kappa shape index (κ3) is 4.60. The standard InChI is InChI=1S/C18H30N2/c1-4-15(2)16(3)19-18-10-12-20(13-11-18)14-17-8-6-5-7-9-17/h5-9,15-16,18-19H,4,10-14H2,1-3H3. The molecule has 1 aromatic rings. The Morgan fingerprint density at radius 3 is 2.40 bits per heavy atom. The van der Waals surface area contributed by atoms with Gasteiger partial charge in [-0.25, -0.2) is 0 Å². The molecule has 0 spiro atoms. The zero-order valence-corrected chi connectivity index (χ0v) is 13.3. The molecule has 20 heavy (non-hydrogen) atoms. The van der Waals surface area contributed by atoms with Crippen molar-refractivity contribution in [1.29, 1.82) is 0 Å². The van der Waals surface area contributed by atoms with Gasteiger partial charge in [0.1, 0.15) is 0 Å². The summed E-state index contributed by atoms with van der Waals surface area (Å²) in [6.07, 6.45) is 3.84. The molecule has 2 rings (SSSR count). The third-order valence-corrected chi connectivity index (χ3v) is 4.83. The van der Waals surface area contributed by atoms with E-state index < -0.39 is 0 Å². The Labute approximate surface area is 124 Å². The molecule has 0 amide bonds. The third-order valence-electron chi connectivity index (χ3n) is 4.83. The molecule has 112 valence electrons. The van der Waals surface area contributed by atoms with Gasteiger partial charge in [-0.05, 0) is 44.3 Å². The molecular weight excluding hydrogens is 244 g/mol. The smallest absolute Gasteiger partial charge is 0.0233 e. The van der Waals surface area contributed by atoms with Gasteiger partial charge in [0.05, 0.1) is 0 Å². The maximum atomic E-state index is 3.83. The van der Waals surface area contributed by atoms with Crippen LogP contribution in [0.2, 0.25) is 0 Å². The van der Waals surface area contributed by atoms with Crippen LogP contribution in [0.4, 0.5) is 0 Å². The second-order valence-electron chi connectivity index (χ2n) is 6.38. The molecule has 2 heteroatoms. The molecule has 1 aliphatic rings. The lowest BCUT2D eigenvalue weighted by atomic mass is 9.97. The number of piperidine rings is 1. The highest BCUT2D eigenvalue weighted by molar-refractivity contribution is 5.14. The maximum Gasteiger partial charge on any atom is 0.0233 e. The van der Waals surface area contributed by atoms with E-state index in [0.717, 1.165) is 12.5 Å². The first-order valence-electron chi connectivity index (χ1n) is 8.21. The van der Waals surface area contributed by atoms with E-state index in [1.807, 2.05) is 0 Å². The Morgan fingerprint density at radius 2 is 1.80 bits per heavy atom. The van der Waals surface area contributed by atoms with Crippen LogP contribution in [0.1, 0.15) is 45.6 Å². The Balaban J connectivity index is 1.72. The van der Waals surface area contributed by atoms with Crippen molar-refractivity contribution in [2.45, 2.75) is 58.7 Å². The monoisotopic (exact) mass is 274 g/mol. The SMILES string of the molecule is CCC(C)C(C)NC1CCN(Cc2ccccc2)CC1. The minimum atomic E-state index is 0.644. The van der Waals surface area contributed by atoms with E-state index in [9.17, 15) is 0 Å². The van der Waals surface area contributed by atoms with Crippen LogP contribution < -0.4 is 5.32 Å². The molecule has 0 aliphatic carbocycles. The number of hydrogen-bond acceptors (Lipinski definition) is 2. The van der Waals surface area contributed by atoms with E-state index in [2.05, 4.69) is 61.3 Å². The van der Waals surface area contributed by atoms with Crippen molar-refractivity contribution in [3.05, 3.63) is 35.9 Å². The van der Waals surface area contributed by atoms with E-state index in [1.165, 1.54) is 37.9 Å². The second-order valence-corrected chi connectivity index (χ2v) is 6.38. The zero-order valence-electron chi connectivity index (χ0n) is 13.3. The van der Waals surface area contributed by atoms with Crippen LogP contribution in [-0.2, 0) is 6.54 Å². The van der Waals surface area contributed by atoms with E-state index >= 15 is 0 Å². The summed E-state index contributed by atoms with van der Waals surface area (Å²) in [6, 6.07) is 12.2. The van der Waals surface area contributed by atoms with Gasteiger partial charge in [-0.1, -0.05) is 50.6 Å². The van der Waals surface area contributed by atoms with Gasteiger partial charge in [-0.15, -0.1) is 0 Å². The number of nitrogens with zero attached hydrogens (tertiary/aromatic N) is 1. The molecule has 1 N–H and O–H groups in total. The predicted octanol–water partition coefficient (Wildman–Crippen LogP) is 3.68. The number of nitrogens with one attached hydrogen (secondary N) is 1. The van der Waals surface area contributed by atoms with Gasteiger partial charge in [0.15, 0.2) is 0 Å². The van der Waals surface area contributed by atoms with Crippen LogP contribution in [0, 0.1) is 5.92 Å². The summed E-state index contributed by atoms with van der Waals surface area (Å²) in [5, 5.41) is 3.83. The molecule has 0 saturated carbocycles. The summed E-state index contributed by atoms with van der Waals surface area (Å²) < 4.78 is 0. The number of hydrogen-bond donors (Lipinski definition) is 1. The first-order chi connectivity index (χ1) is 9.69. The largest absolute Gasteiger partial charge is 0.311 e. The lowest BCUT2D eigenvalue weighted by Gasteiger charge is -2.35. The van der Waals surface area contributed by atoms with Crippen molar-refractivity contribution >= 4 is 0 Å². The van der Waals surface area contributed by atoms with E-state index in [1.54, 1.807) is 0 Å². The minimum absolute atomic E-state index is 0.644. The summed E-state index contributed by atoms with van der Waals surface area (Å²) in [7, 11) is 0. The molecule has 1 aliphatic heterocycles. The molecule has 2 unspecified atom stereocenters. The first kappa shape index (κ1) is 15.5. The molecule has 1 heterocycles. The summed E-state index contributed by atoms with van der Waals surface area (Å²) >= 11 is 0. The molecule has 1 fully saturated rings. The van der Waals surface area contributed by atoms with Crippen molar-refractivity contribution in [3.8, 4) is 0 Å². The fraction of sp³-hybridized carbons (Fsp3) is 0.667. The van der Waals surface area contributed by atoms with Crippen molar-refractivity contribution < 1.29 is 0 Å². The lowest BCUT2D eigenvalue weighted by molar-refractivity contribution is 0.178. The van der Waals surface area contributed by atoms with Crippen LogP contribution in [0.25, 0.3) is 0 Å². The summed E-state index contributed by atoms with van der Waals surface area (Å²) in [4.78, 5) is 2.58. The highest BCUT2D eigenvalue weighted by Gasteiger charge is 2.21. The van der Waals surface area contributed by atoms with E-state index in [4.69, 9.17) is 0 Å². The van der Waals surface area contributed by atoms with Crippen molar-refractivity contribution in [2.24, 2.45) is 5.92 Å². The normalized spacial score (nSPS) is 20.8. The minimum Gasteiger partial charge on any atom is -0.311 e. The van der Waals surface area contributed by atoms with Gasteiger partial charge in [-0.3, -0.25) is 4.90 Å². The first-order valence-corrected chi connectivity index (χ1v) is 8.21. The number of benzene rings is 1. The fourth-order valence-electron chi connectivity index (χ4n) is 2.99. The molecule has 1 saturated heterocycles. The Hall–Kier alpha value is -0.860. The number of rotatable bonds is 6. The van der Waals surface area contributed by atoms with Gasteiger partial charge in [0.2, 0.25) is 0 Å². The molecule has 0 radical (unpaired) electrons. The van der Waals surface area contributed by atoms with Gasteiger partial charge in [0, 0.05) is 18.6 Å². The predicted molar refractivity (Wildman–Crippen MR) is 86.8 cm³/mol. The van der Waals surface area contributed by atoms with Crippen LogP contribution in [0.5, 0.6) is 0 Å². The number of likely N-dealkylation sites (tertiary alicyclic amines) is 1. The highest BCUT2D eigenvalue weighted by Crippen LogP contribution is 2.16. The van der Waals surface area contributed by atoms with Gasteiger partial charge < -0.3 is 5.32 Å². The molecule has 0 bridgehead atoms. The molecular formula is C18H30N2. The van der Waals surface area contributed by atoms with E-state index in [0.29, 0.717) is 12.1 Å². The summed E-state index contributed by atoms with van der Waals surface area (Å²) in [6.45, 7) is 10.5. The maximum absolute atomic E-state index is 3.83. The van der Waals surface area contributed by atoms with Crippen LogP contribution >= 0.6 is 0 Å². The lowest BCUT2D eigenvalue weighted by Crippen LogP contribution is -2.46. The van der Waals surface area contributed by atoms with Crippen molar-refractivity contribution in [3.63, 3.8) is 0 Å². The quantitative estimate of drug-likeness (QED) is 0.851. The molecule has 2 nitrogen and oxygen atoms in total. The average molecular weight is 274 g/mol. The second kappa shape index (κ2) is 7.80. The molecule has 0 aromatic heterocycles. The van der Waals surface area contributed by atoms with Gasteiger partial charge in [-0.2, -0.15) is 0 Å². The van der Waals surface area contributed by atoms with Gasteiger partial charge in [0.25, 0.3) is 0 Å². The Morgan fingerprint density at radius 1 is 1.15 bits per heavy atom. The van der Waals surface area contributed by atoms with Crippen molar-refractivity contribution in [1.82, 2.24) is 10.2 Å². The summed E-state index contributed by atoms with van der Waals surface area (Å²) in [5.41, 5.74) is 1.44. The fourth-order valence-corrected chi connectivity index (χ4v) is 2.99. The van der Waals surface area contributed by atoms with Crippen LogP contribution in [0.15, 0.2) is 30.3 Å². The molecule has 2 atom stereocenters. The highest BCUT2D eigenvalue weighted by atomic mass is 15.1. The topological polar surface area (TPSA) is 15.3 Å².